The molecule has 2 aromatic carbocycles. The van der Waals surface area contributed by atoms with Gasteiger partial charge in [-0.2, -0.15) is 0 Å². The summed E-state index contributed by atoms with van der Waals surface area (Å²) in [6.07, 6.45) is 1.57. The van der Waals surface area contributed by atoms with E-state index in [1.807, 2.05) is 64.1 Å². The molecule has 0 radical (unpaired) electrons. The van der Waals surface area contributed by atoms with Gasteiger partial charge in [-0.15, -0.1) is 0 Å². The molecule has 1 aliphatic rings. The van der Waals surface area contributed by atoms with E-state index in [0.29, 0.717) is 24.9 Å². The fraction of sp³-hybridized carbons (Fsp3) is 0.381. The molecule has 248 valence electrons. The molecular formula is C42H50N6. The average Bonchev–Trinajstić information content (AvgIpc) is 3.09. The first-order valence-electron chi connectivity index (χ1n) is 17.3. The fourth-order valence-corrected chi connectivity index (χ4v) is 5.93. The molecule has 4 aromatic rings. The summed E-state index contributed by atoms with van der Waals surface area (Å²) in [6.45, 7) is 18.2. The van der Waals surface area contributed by atoms with Crippen LogP contribution in [0.4, 0.5) is 0 Å². The molecule has 0 saturated heterocycles. The van der Waals surface area contributed by atoms with E-state index in [1.54, 1.807) is 0 Å². The number of pyridine rings is 2. The van der Waals surface area contributed by atoms with E-state index in [9.17, 15) is 0 Å². The minimum Gasteiger partial charge on any atom is -0.286 e. The summed E-state index contributed by atoms with van der Waals surface area (Å²) in [6, 6.07) is 29.9. The van der Waals surface area contributed by atoms with Crippen molar-refractivity contribution in [1.29, 1.82) is 0 Å². The number of aromatic nitrogens is 2. The van der Waals surface area contributed by atoms with Gasteiger partial charge in [0.25, 0.3) is 0 Å². The van der Waals surface area contributed by atoms with Crippen molar-refractivity contribution in [3.63, 3.8) is 0 Å². The number of rotatable bonds is 6. The average molecular weight is 639 g/mol. The number of benzene rings is 2. The van der Waals surface area contributed by atoms with Crippen molar-refractivity contribution in [2.24, 2.45) is 20.0 Å². The lowest BCUT2D eigenvalue weighted by molar-refractivity contribution is 0.680. The molecule has 2 aromatic heterocycles. The second-order valence-electron chi connectivity index (χ2n) is 13.6. The minimum absolute atomic E-state index is 0.0502. The van der Waals surface area contributed by atoms with E-state index >= 15 is 0 Å². The van der Waals surface area contributed by atoms with E-state index in [4.69, 9.17) is 29.9 Å². The maximum Gasteiger partial charge on any atom is 0.0845 e. The van der Waals surface area contributed by atoms with Crippen molar-refractivity contribution in [1.82, 2.24) is 9.97 Å². The van der Waals surface area contributed by atoms with E-state index in [0.717, 1.165) is 58.5 Å². The quantitative estimate of drug-likeness (QED) is 0.212. The van der Waals surface area contributed by atoms with Gasteiger partial charge in [0.1, 0.15) is 0 Å². The standard InChI is InChI=1S/C42H50N6/c1-27(2)35-19-15-33(16-20-35)23-37-25-43-29(5)39-11-10-14-42(48-39)32(8)46-38(24-34-17-21-36(22-18-34)28(3)4)26-44-30(6)40-12-9-13-41(47-40)31(7)45-37/h9-22,27-28,37-38H,23-26H2,1-8H3/t37-,38-/m0/s1. The molecule has 0 fully saturated rings. The monoisotopic (exact) mass is 638 g/mol. The Hall–Kier alpha value is -4.58. The van der Waals surface area contributed by atoms with Gasteiger partial charge in [-0.05, 0) is 98.9 Å². The van der Waals surface area contributed by atoms with E-state index in [1.165, 1.54) is 22.3 Å². The van der Waals surface area contributed by atoms with Crippen LogP contribution in [0.15, 0.2) is 105 Å². The molecule has 0 amide bonds. The third-order valence-electron chi connectivity index (χ3n) is 9.05. The highest BCUT2D eigenvalue weighted by Gasteiger charge is 2.15. The highest BCUT2D eigenvalue weighted by Crippen LogP contribution is 2.19. The SMILES string of the molecule is CC1=NC[C@H](Cc2ccc(C(C)C)cc2)N=C(C)c2cccc(n2)C(C)=NC[C@H](Cc2ccc(C(C)C)cc2)N=C(C)c2cccc1n2. The number of nitrogens with zero attached hydrogens (tertiary/aromatic N) is 6. The van der Waals surface area contributed by atoms with E-state index in [2.05, 4.69) is 76.2 Å². The van der Waals surface area contributed by atoms with Crippen molar-refractivity contribution in [3.8, 4) is 0 Å². The number of hydrogen-bond acceptors (Lipinski definition) is 6. The zero-order chi connectivity index (χ0) is 34.2. The van der Waals surface area contributed by atoms with Gasteiger partial charge < -0.3 is 0 Å². The Kier molecular flexibility index (Phi) is 11.6. The maximum atomic E-state index is 5.21. The lowest BCUT2D eigenvalue weighted by Gasteiger charge is -2.16. The van der Waals surface area contributed by atoms with Crippen LogP contribution >= 0.6 is 0 Å². The van der Waals surface area contributed by atoms with Crippen molar-refractivity contribution in [2.75, 3.05) is 13.1 Å². The Balaban J connectivity index is 1.52. The Morgan fingerprint density at radius 2 is 0.812 bits per heavy atom. The molecule has 0 N–H and O–H groups in total. The highest BCUT2D eigenvalue weighted by atomic mass is 14.9. The predicted molar refractivity (Wildman–Crippen MR) is 203 cm³/mol. The summed E-state index contributed by atoms with van der Waals surface area (Å²) < 4.78 is 0. The summed E-state index contributed by atoms with van der Waals surface area (Å²) in [5.41, 5.74) is 12.2. The van der Waals surface area contributed by atoms with Crippen LogP contribution in [0.3, 0.4) is 0 Å². The molecule has 0 unspecified atom stereocenters. The number of hydrogen-bond donors (Lipinski definition) is 0. The first-order chi connectivity index (χ1) is 23.0. The predicted octanol–water partition coefficient (Wildman–Crippen LogP) is 8.90. The van der Waals surface area contributed by atoms with Crippen molar-refractivity contribution >= 4 is 22.8 Å². The van der Waals surface area contributed by atoms with Gasteiger partial charge in [-0.25, -0.2) is 9.97 Å². The van der Waals surface area contributed by atoms with Gasteiger partial charge in [0.15, 0.2) is 0 Å². The molecule has 6 heteroatoms. The summed E-state index contributed by atoms with van der Waals surface area (Å²) in [7, 11) is 0. The van der Waals surface area contributed by atoms with Crippen molar-refractivity contribution < 1.29 is 0 Å². The molecule has 0 saturated carbocycles. The van der Waals surface area contributed by atoms with Crippen LogP contribution in [-0.2, 0) is 12.8 Å². The largest absolute Gasteiger partial charge is 0.286 e. The third-order valence-corrected chi connectivity index (χ3v) is 9.05. The smallest absolute Gasteiger partial charge is 0.0845 e. The Labute approximate surface area is 287 Å². The molecule has 0 aliphatic carbocycles. The molecule has 5 rings (SSSR count). The molecule has 0 spiro atoms. The van der Waals surface area contributed by atoms with Crippen LogP contribution < -0.4 is 0 Å². The highest BCUT2D eigenvalue weighted by molar-refractivity contribution is 6.02. The van der Waals surface area contributed by atoms with Crippen LogP contribution in [0, 0.1) is 0 Å². The second kappa shape index (κ2) is 16.0. The van der Waals surface area contributed by atoms with Crippen LogP contribution in [-0.4, -0.2) is 58.0 Å². The lowest BCUT2D eigenvalue weighted by atomic mass is 9.99. The van der Waals surface area contributed by atoms with Crippen LogP contribution in [0.2, 0.25) is 0 Å². The Morgan fingerprint density at radius 3 is 1.15 bits per heavy atom. The number of aliphatic imine (C=N–C) groups is 4. The number of fused-ring (bicyclic) bond motifs is 4. The third kappa shape index (κ3) is 9.27. The van der Waals surface area contributed by atoms with Gasteiger partial charge >= 0.3 is 0 Å². The van der Waals surface area contributed by atoms with E-state index < -0.39 is 0 Å². The lowest BCUT2D eigenvalue weighted by Crippen LogP contribution is -2.19. The van der Waals surface area contributed by atoms with E-state index in [-0.39, 0.29) is 12.1 Å². The Bertz CT molecular complexity index is 1670. The Morgan fingerprint density at radius 1 is 0.479 bits per heavy atom. The van der Waals surface area contributed by atoms with Crippen LogP contribution in [0.25, 0.3) is 0 Å². The van der Waals surface area contributed by atoms with Crippen LogP contribution in [0.1, 0.15) is 112 Å². The molecule has 48 heavy (non-hydrogen) atoms. The fourth-order valence-electron chi connectivity index (χ4n) is 5.93. The topological polar surface area (TPSA) is 75.2 Å². The zero-order valence-electron chi connectivity index (χ0n) is 29.9. The molecule has 6 nitrogen and oxygen atoms in total. The second-order valence-corrected chi connectivity index (χ2v) is 13.6. The minimum atomic E-state index is -0.0502. The first-order valence-corrected chi connectivity index (χ1v) is 17.3. The first kappa shape index (κ1) is 34.7. The molecule has 4 bridgehead atoms. The van der Waals surface area contributed by atoms with Gasteiger partial charge in [-0.3, -0.25) is 20.0 Å². The molecular weight excluding hydrogens is 589 g/mol. The van der Waals surface area contributed by atoms with Gasteiger partial charge in [0, 0.05) is 0 Å². The van der Waals surface area contributed by atoms with Gasteiger partial charge in [0.2, 0.25) is 0 Å². The molecule has 2 atom stereocenters. The van der Waals surface area contributed by atoms with Crippen LogP contribution in [0.5, 0.6) is 0 Å². The molecule has 3 heterocycles. The zero-order valence-corrected chi connectivity index (χ0v) is 29.9. The van der Waals surface area contributed by atoms with Gasteiger partial charge in [-0.1, -0.05) is 88.4 Å². The summed E-state index contributed by atoms with van der Waals surface area (Å²) in [5, 5.41) is 0. The van der Waals surface area contributed by atoms with Crippen molar-refractivity contribution in [3.05, 3.63) is 130 Å². The normalized spacial score (nSPS) is 17.6. The van der Waals surface area contributed by atoms with Crippen molar-refractivity contribution in [2.45, 2.75) is 92.2 Å². The summed E-state index contributed by atoms with van der Waals surface area (Å²) in [4.78, 5) is 30.5. The summed E-state index contributed by atoms with van der Waals surface area (Å²) >= 11 is 0. The summed E-state index contributed by atoms with van der Waals surface area (Å²) in [5.74, 6) is 0.996. The maximum absolute atomic E-state index is 5.21. The van der Waals surface area contributed by atoms with Gasteiger partial charge in [0.05, 0.1) is 70.8 Å². The molecule has 1 aliphatic heterocycles.